The minimum atomic E-state index is -0.961. The number of carbonyl (C=O) groups excluding carboxylic acids is 3. The molecule has 7 heteroatoms. The maximum absolute atomic E-state index is 12.1. The maximum atomic E-state index is 12.1. The van der Waals surface area contributed by atoms with E-state index in [1.165, 1.54) is 20.8 Å². The fourth-order valence-corrected chi connectivity index (χ4v) is 5.79. The predicted molar refractivity (Wildman–Crippen MR) is 125 cm³/mol. The Morgan fingerprint density at radius 3 is 1.03 bits per heavy atom. The van der Waals surface area contributed by atoms with Crippen LogP contribution in [0.25, 0.3) is 0 Å². The van der Waals surface area contributed by atoms with Gasteiger partial charge in [0, 0.05) is 16.7 Å². The van der Waals surface area contributed by atoms with Crippen molar-refractivity contribution in [3.05, 3.63) is 71.3 Å². The first kappa shape index (κ1) is 22.1. The van der Waals surface area contributed by atoms with Gasteiger partial charge in [0.25, 0.3) is 0 Å². The van der Waals surface area contributed by atoms with E-state index in [1.54, 1.807) is 36.4 Å². The van der Waals surface area contributed by atoms with Gasteiger partial charge in [-0.3, -0.25) is 14.4 Å². The summed E-state index contributed by atoms with van der Waals surface area (Å²) in [6.45, 7) is 4.34. The summed E-state index contributed by atoms with van der Waals surface area (Å²) in [5, 5.41) is 0. The Labute approximate surface area is 183 Å². The lowest BCUT2D eigenvalue weighted by Crippen LogP contribution is -2.16. The van der Waals surface area contributed by atoms with Crippen LogP contribution in [0.4, 0.5) is 17.1 Å². The first-order chi connectivity index (χ1) is 14.6. The van der Waals surface area contributed by atoms with Crippen LogP contribution in [0.5, 0.6) is 0 Å². The second-order valence-corrected chi connectivity index (χ2v) is 9.06. The Kier molecular flexibility index (Phi) is 6.17. The van der Waals surface area contributed by atoms with Crippen LogP contribution in [0.15, 0.2) is 69.3 Å². The lowest BCUT2D eigenvalue weighted by atomic mass is 10.1. The van der Waals surface area contributed by atoms with Crippen molar-refractivity contribution in [1.29, 1.82) is 0 Å². The molecule has 0 atom stereocenters. The van der Waals surface area contributed by atoms with Crippen molar-refractivity contribution in [1.82, 2.24) is 0 Å². The van der Waals surface area contributed by atoms with Crippen LogP contribution in [-0.4, -0.2) is 17.3 Å². The standard InChI is InChI=1S/C24H23N3O3S/c1-13(28)16-7-4-10-19(22(16)25)31(20-11-5-8-17(14(2)29)23(20)26)21-12-6-9-18(15(3)30)24(21)27/h4-12H,1-3H3,(H5-,25,26,27,28,29,30)/p+1. The van der Waals surface area contributed by atoms with Crippen molar-refractivity contribution in [2.75, 3.05) is 17.2 Å². The van der Waals surface area contributed by atoms with Crippen LogP contribution in [0.3, 0.4) is 0 Å². The molecular formula is C24H24N3O3S+. The number of benzene rings is 3. The summed E-state index contributed by atoms with van der Waals surface area (Å²) < 4.78 is 0. The Bertz CT molecular complexity index is 1070. The largest absolute Gasteiger partial charge is 0.394 e. The van der Waals surface area contributed by atoms with Gasteiger partial charge in [-0.05, 0) is 57.2 Å². The van der Waals surface area contributed by atoms with Gasteiger partial charge in [0.1, 0.15) is 10.9 Å². The third kappa shape index (κ3) is 4.04. The molecule has 0 aliphatic heterocycles. The van der Waals surface area contributed by atoms with Crippen LogP contribution in [0.1, 0.15) is 51.8 Å². The third-order valence-electron chi connectivity index (χ3n) is 5.00. The molecule has 0 heterocycles. The Hall–Kier alpha value is -3.58. The first-order valence-electron chi connectivity index (χ1n) is 9.57. The molecule has 3 aromatic carbocycles. The van der Waals surface area contributed by atoms with E-state index in [0.29, 0.717) is 48.4 Å². The van der Waals surface area contributed by atoms with Gasteiger partial charge in [-0.2, -0.15) is 0 Å². The molecule has 0 bridgehead atoms. The number of rotatable bonds is 6. The summed E-state index contributed by atoms with van der Waals surface area (Å²) in [6.07, 6.45) is 0. The van der Waals surface area contributed by atoms with Crippen LogP contribution in [0.2, 0.25) is 0 Å². The molecule has 0 amide bonds. The molecule has 3 aromatic rings. The average Bonchev–Trinajstić information content (AvgIpc) is 2.71. The summed E-state index contributed by atoms with van der Waals surface area (Å²) >= 11 is 0. The van der Waals surface area contributed by atoms with Crippen LogP contribution >= 0.6 is 0 Å². The normalized spacial score (nSPS) is 10.8. The molecule has 0 aliphatic rings. The molecule has 0 saturated carbocycles. The van der Waals surface area contributed by atoms with Gasteiger partial charge in [0.15, 0.2) is 32.0 Å². The number of ketones is 3. The van der Waals surface area contributed by atoms with E-state index < -0.39 is 10.9 Å². The molecule has 0 aliphatic carbocycles. The highest BCUT2D eigenvalue weighted by molar-refractivity contribution is 7.97. The van der Waals surface area contributed by atoms with E-state index in [9.17, 15) is 14.4 Å². The highest BCUT2D eigenvalue weighted by Crippen LogP contribution is 2.42. The van der Waals surface area contributed by atoms with Crippen molar-refractivity contribution in [3.8, 4) is 0 Å². The Morgan fingerprint density at radius 2 is 0.806 bits per heavy atom. The lowest BCUT2D eigenvalue weighted by Gasteiger charge is -2.16. The topological polar surface area (TPSA) is 129 Å². The molecule has 31 heavy (non-hydrogen) atoms. The molecule has 0 aromatic heterocycles. The van der Waals surface area contributed by atoms with Gasteiger partial charge in [-0.1, -0.05) is 18.2 Å². The SMILES string of the molecule is CC(=O)c1cccc([S+](c2cccc(C(C)=O)c2N)c2cccc(C(C)=O)c2N)c1N. The van der Waals surface area contributed by atoms with Gasteiger partial charge in [0.2, 0.25) is 0 Å². The summed E-state index contributed by atoms with van der Waals surface area (Å²) in [5.41, 5.74) is 21.4. The number of carbonyl (C=O) groups is 3. The quantitative estimate of drug-likeness (QED) is 0.304. The van der Waals surface area contributed by atoms with E-state index in [-0.39, 0.29) is 17.3 Å². The number of hydrogen-bond acceptors (Lipinski definition) is 6. The zero-order valence-corrected chi connectivity index (χ0v) is 18.4. The minimum Gasteiger partial charge on any atom is -0.394 e. The number of Topliss-reactive ketones (excluding diaryl/α,β-unsaturated/α-hetero) is 3. The van der Waals surface area contributed by atoms with Crippen molar-refractivity contribution < 1.29 is 14.4 Å². The summed E-state index contributed by atoms with van der Waals surface area (Å²) in [6, 6.07) is 15.7. The van der Waals surface area contributed by atoms with Crippen molar-refractivity contribution in [3.63, 3.8) is 0 Å². The highest BCUT2D eigenvalue weighted by Gasteiger charge is 2.37. The Balaban J connectivity index is 2.41. The highest BCUT2D eigenvalue weighted by atomic mass is 32.2. The van der Waals surface area contributed by atoms with E-state index in [1.807, 2.05) is 18.2 Å². The molecule has 0 unspecified atom stereocenters. The molecule has 6 nitrogen and oxygen atoms in total. The molecule has 3 rings (SSSR count). The summed E-state index contributed by atoms with van der Waals surface area (Å²) in [7, 11) is -0.961. The predicted octanol–water partition coefficient (Wildman–Crippen LogP) is 4.14. The third-order valence-corrected chi connectivity index (χ3v) is 7.38. The number of para-hydroxylation sites is 3. The van der Waals surface area contributed by atoms with Gasteiger partial charge in [0.05, 0.1) is 17.1 Å². The molecule has 6 N–H and O–H groups in total. The number of nitrogen functional groups attached to an aromatic ring is 3. The minimum absolute atomic E-state index is 0.168. The van der Waals surface area contributed by atoms with Crippen LogP contribution in [-0.2, 0) is 10.9 Å². The first-order valence-corrected chi connectivity index (χ1v) is 10.8. The maximum Gasteiger partial charge on any atom is 0.190 e. The number of nitrogens with two attached hydrogens (primary N) is 3. The Morgan fingerprint density at radius 1 is 0.548 bits per heavy atom. The van der Waals surface area contributed by atoms with Crippen molar-refractivity contribution in [2.24, 2.45) is 0 Å². The molecule has 0 saturated heterocycles. The zero-order valence-electron chi connectivity index (χ0n) is 17.6. The van der Waals surface area contributed by atoms with E-state index >= 15 is 0 Å². The summed E-state index contributed by atoms with van der Waals surface area (Å²) in [5.74, 6) is -0.503. The van der Waals surface area contributed by atoms with E-state index in [2.05, 4.69) is 0 Å². The smallest absolute Gasteiger partial charge is 0.190 e. The van der Waals surface area contributed by atoms with E-state index in [4.69, 9.17) is 17.2 Å². The van der Waals surface area contributed by atoms with Gasteiger partial charge < -0.3 is 17.2 Å². The van der Waals surface area contributed by atoms with Gasteiger partial charge >= 0.3 is 0 Å². The number of hydrogen-bond donors (Lipinski definition) is 3. The lowest BCUT2D eigenvalue weighted by molar-refractivity contribution is 0.101. The number of anilines is 3. The monoisotopic (exact) mass is 434 g/mol. The molecular weight excluding hydrogens is 410 g/mol. The zero-order chi connectivity index (χ0) is 22.9. The molecule has 158 valence electrons. The average molecular weight is 435 g/mol. The second-order valence-electron chi connectivity index (χ2n) is 7.13. The fraction of sp³-hybridized carbons (Fsp3) is 0.125. The van der Waals surface area contributed by atoms with Crippen molar-refractivity contribution >= 4 is 45.3 Å². The summed E-state index contributed by atoms with van der Waals surface area (Å²) in [4.78, 5) is 38.3. The fourth-order valence-electron chi connectivity index (χ4n) is 3.44. The second kappa shape index (κ2) is 8.65. The van der Waals surface area contributed by atoms with Gasteiger partial charge in [-0.25, -0.2) is 0 Å². The molecule has 0 spiro atoms. The molecule has 0 fully saturated rings. The van der Waals surface area contributed by atoms with Crippen LogP contribution < -0.4 is 17.2 Å². The molecule has 0 radical (unpaired) electrons. The van der Waals surface area contributed by atoms with E-state index in [0.717, 1.165) is 0 Å². The van der Waals surface area contributed by atoms with Crippen molar-refractivity contribution in [2.45, 2.75) is 35.5 Å². The van der Waals surface area contributed by atoms with Gasteiger partial charge in [-0.15, -0.1) is 0 Å². The van der Waals surface area contributed by atoms with Crippen LogP contribution in [0, 0.1) is 0 Å².